The van der Waals surface area contributed by atoms with Gasteiger partial charge in [0.25, 0.3) is 0 Å². The third-order valence-corrected chi connectivity index (χ3v) is 4.61. The van der Waals surface area contributed by atoms with E-state index in [1.807, 2.05) is 101 Å². The second-order valence-electron chi connectivity index (χ2n) is 7.11. The van der Waals surface area contributed by atoms with Crippen LogP contribution in [0, 0.1) is 77.0 Å². The van der Waals surface area contributed by atoms with Crippen LogP contribution in [0.25, 0.3) is 5.32 Å². The minimum Gasteiger partial charge on any atom is -0.684 e. The van der Waals surface area contributed by atoms with Gasteiger partial charge in [0, 0.05) is 12.7 Å². The number of benzene rings is 2. The van der Waals surface area contributed by atoms with Gasteiger partial charge in [-0.1, -0.05) is 55.5 Å². The van der Waals surface area contributed by atoms with Gasteiger partial charge in [0.1, 0.15) is 0 Å². The molecule has 0 heterocycles. The number of hydrogen-bond donors (Lipinski definition) is 0. The van der Waals surface area contributed by atoms with Crippen LogP contribution < -0.4 is 4.90 Å². The number of para-hydroxylation sites is 2. The fraction of sp³-hybridized carbons (Fsp3) is 0.179. The van der Waals surface area contributed by atoms with Gasteiger partial charge in [-0.2, -0.15) is 5.92 Å². The number of hydrogen-bond acceptors (Lipinski definition) is 1. The van der Waals surface area contributed by atoms with E-state index in [4.69, 9.17) is 5.32 Å². The van der Waals surface area contributed by atoms with E-state index in [1.54, 1.807) is 0 Å². The summed E-state index contributed by atoms with van der Waals surface area (Å²) in [5, 5.41) is 4.72. The number of anilines is 1. The normalized spacial score (nSPS) is 16.5. The molecule has 0 aliphatic heterocycles. The molecule has 0 spiro atoms. The van der Waals surface area contributed by atoms with Crippen molar-refractivity contribution in [3.05, 3.63) is 137 Å². The predicted molar refractivity (Wildman–Crippen MR) is 130 cm³/mol. The zero-order chi connectivity index (χ0) is 21.4. The van der Waals surface area contributed by atoms with Crippen molar-refractivity contribution in [2.24, 2.45) is 5.92 Å². The first-order valence-corrected chi connectivity index (χ1v) is 10.4. The van der Waals surface area contributed by atoms with E-state index < -0.39 is 0 Å². The monoisotopic (exact) mass is 486 g/mol. The molecule has 0 amide bonds. The van der Waals surface area contributed by atoms with Crippen LogP contribution in [0.15, 0.2) is 60.7 Å². The second-order valence-corrected chi connectivity index (χ2v) is 7.11. The molecule has 156 valence electrons. The number of nitrogens with zero attached hydrogens (tertiary/aromatic N) is 2. The largest absolute Gasteiger partial charge is 4.00 e. The van der Waals surface area contributed by atoms with Crippen molar-refractivity contribution in [3.63, 3.8) is 0 Å². The summed E-state index contributed by atoms with van der Waals surface area (Å²) in [6, 6.07) is 20.7. The van der Waals surface area contributed by atoms with Crippen LogP contribution in [0.5, 0.6) is 0 Å². The SMILES string of the molecule is [CH2-][C@H](CN(C)c1ccccc1)[C@@H](C)[N-]c1ccccc1.[CH]1[CH][CH][CH][CH]1.[CH]1[CH][CH][CH][CH]1.[Zr+4]. The molecule has 10 radical (unpaired) electrons. The standard InChI is InChI=1S/C18H22N2.2C5H5.Zr/c1-15(14-20(3)18-12-8-5-9-13-18)16(2)19-17-10-6-4-7-11-17;2*1-2-4-5-3-1;/h4-13,15-16H,1,14H2,2-3H3;2*1-5H;/q-2;;;+4/t15-,16-;;;/m1.../s1. The predicted octanol–water partition coefficient (Wildman–Crippen LogP) is 6.71. The molecule has 2 saturated carbocycles. The van der Waals surface area contributed by atoms with Crippen LogP contribution in [0.1, 0.15) is 6.92 Å². The van der Waals surface area contributed by atoms with Crippen molar-refractivity contribution in [1.29, 1.82) is 0 Å². The Labute approximate surface area is 211 Å². The zero-order valence-corrected chi connectivity index (χ0v) is 21.0. The Hall–Kier alpha value is -1.08. The average molecular weight is 488 g/mol. The minimum absolute atomic E-state index is 0. The average Bonchev–Trinajstić information content (AvgIpc) is 3.54. The van der Waals surface area contributed by atoms with Crippen molar-refractivity contribution < 1.29 is 26.2 Å². The molecule has 0 unspecified atom stereocenters. The molecule has 31 heavy (non-hydrogen) atoms. The van der Waals surface area contributed by atoms with E-state index in [1.165, 1.54) is 5.69 Å². The maximum Gasteiger partial charge on any atom is 4.00 e. The molecule has 0 bridgehead atoms. The Kier molecular flexibility index (Phi) is 15.8. The first-order valence-electron chi connectivity index (χ1n) is 10.4. The molecule has 2 nitrogen and oxygen atoms in total. The molecule has 0 saturated heterocycles. The summed E-state index contributed by atoms with van der Waals surface area (Å²) in [5.41, 5.74) is 2.24. The molecule has 2 atom stereocenters. The quantitative estimate of drug-likeness (QED) is 0.414. The molecule has 2 aliphatic rings. The van der Waals surface area contributed by atoms with Gasteiger partial charge in [0.15, 0.2) is 0 Å². The summed E-state index contributed by atoms with van der Waals surface area (Å²) in [6.07, 6.45) is 20.0. The molecule has 3 heteroatoms. The molecular formula is C28H32N2Zr+2. The summed E-state index contributed by atoms with van der Waals surface area (Å²) < 4.78 is 0. The Balaban J connectivity index is 0.000000356. The zero-order valence-electron chi connectivity index (χ0n) is 18.5. The first kappa shape index (κ1) is 28.0. The van der Waals surface area contributed by atoms with Crippen LogP contribution in [0.4, 0.5) is 11.4 Å². The summed E-state index contributed by atoms with van der Waals surface area (Å²) >= 11 is 0. The molecule has 2 aromatic rings. The van der Waals surface area contributed by atoms with E-state index in [0.29, 0.717) is 0 Å². The van der Waals surface area contributed by atoms with Gasteiger partial charge in [-0.05, 0) is 82.9 Å². The van der Waals surface area contributed by atoms with E-state index in [2.05, 4.69) is 50.1 Å². The van der Waals surface area contributed by atoms with Crippen molar-refractivity contribution in [1.82, 2.24) is 0 Å². The maximum absolute atomic E-state index is 4.72. The van der Waals surface area contributed by atoms with Gasteiger partial charge < -0.3 is 17.1 Å². The Morgan fingerprint density at radius 1 is 0.710 bits per heavy atom. The van der Waals surface area contributed by atoms with Crippen molar-refractivity contribution in [2.45, 2.75) is 13.0 Å². The molecule has 0 aromatic heterocycles. The Bertz CT molecular complexity index is 613. The van der Waals surface area contributed by atoms with Gasteiger partial charge in [-0.15, -0.1) is 11.7 Å². The van der Waals surface area contributed by atoms with E-state index >= 15 is 0 Å². The molecule has 2 fully saturated rings. The Morgan fingerprint density at radius 3 is 1.52 bits per heavy atom. The van der Waals surface area contributed by atoms with Crippen LogP contribution in [-0.4, -0.2) is 19.6 Å². The van der Waals surface area contributed by atoms with Crippen molar-refractivity contribution in [3.8, 4) is 0 Å². The van der Waals surface area contributed by atoms with Crippen molar-refractivity contribution in [2.75, 3.05) is 18.5 Å². The van der Waals surface area contributed by atoms with Crippen LogP contribution >= 0.6 is 0 Å². The summed E-state index contributed by atoms with van der Waals surface area (Å²) in [4.78, 5) is 2.23. The minimum atomic E-state index is 0. The smallest absolute Gasteiger partial charge is 0.684 e. The van der Waals surface area contributed by atoms with E-state index in [-0.39, 0.29) is 38.2 Å². The van der Waals surface area contributed by atoms with Gasteiger partial charge in [0.05, 0.1) is 0 Å². The number of rotatable bonds is 6. The molecule has 0 N–H and O–H groups in total. The van der Waals surface area contributed by atoms with Crippen LogP contribution in [-0.2, 0) is 26.2 Å². The fourth-order valence-electron chi connectivity index (χ4n) is 2.79. The second kappa shape index (κ2) is 17.5. The van der Waals surface area contributed by atoms with Gasteiger partial charge in [0.2, 0.25) is 0 Å². The first-order chi connectivity index (χ1) is 14.7. The third kappa shape index (κ3) is 12.5. The third-order valence-electron chi connectivity index (χ3n) is 4.61. The molecule has 2 aliphatic carbocycles. The van der Waals surface area contributed by atoms with Gasteiger partial charge in [-0.25, -0.2) is 0 Å². The fourth-order valence-corrected chi connectivity index (χ4v) is 2.79. The molecule has 2 aromatic carbocycles. The summed E-state index contributed by atoms with van der Waals surface area (Å²) in [7, 11) is 2.10. The van der Waals surface area contributed by atoms with Gasteiger partial charge in [-0.3, -0.25) is 0 Å². The molecule has 4 rings (SSSR count). The van der Waals surface area contributed by atoms with E-state index in [9.17, 15) is 0 Å². The van der Waals surface area contributed by atoms with Crippen molar-refractivity contribution >= 4 is 11.4 Å². The van der Waals surface area contributed by atoms with E-state index in [0.717, 1.165) is 12.2 Å². The summed E-state index contributed by atoms with van der Waals surface area (Å²) in [5.74, 6) is 0.250. The van der Waals surface area contributed by atoms with Crippen LogP contribution in [0.3, 0.4) is 0 Å². The van der Waals surface area contributed by atoms with Crippen LogP contribution in [0.2, 0.25) is 0 Å². The summed E-state index contributed by atoms with van der Waals surface area (Å²) in [6.45, 7) is 7.28. The topological polar surface area (TPSA) is 17.3 Å². The van der Waals surface area contributed by atoms with Gasteiger partial charge >= 0.3 is 26.2 Å². The molecular weight excluding hydrogens is 456 g/mol. The Morgan fingerprint density at radius 2 is 1.10 bits per heavy atom. The maximum atomic E-state index is 4.72.